The molecule has 0 atom stereocenters. The van der Waals surface area contributed by atoms with Crippen LogP contribution in [0.15, 0.2) is 83.3 Å². The predicted molar refractivity (Wildman–Crippen MR) is 135 cm³/mol. The monoisotopic (exact) mass is 479 g/mol. The number of rotatable bonds is 4. The number of furan rings is 1. The third-order valence-corrected chi connectivity index (χ3v) is 6.56. The number of para-hydroxylation sites is 1. The molecule has 0 spiro atoms. The Morgan fingerprint density at radius 1 is 0.857 bits per heavy atom. The lowest BCUT2D eigenvalue weighted by Crippen LogP contribution is -2.43. The molecule has 0 radical (unpaired) electrons. The Morgan fingerprint density at radius 3 is 2.20 bits per heavy atom. The molecule has 6 rings (SSSR count). The van der Waals surface area contributed by atoms with Crippen LogP contribution >= 0.6 is 11.6 Å². The number of fused-ring (bicyclic) bond motifs is 4. The quantitative estimate of drug-likeness (QED) is 0.286. The molecular formula is C29H20ClN2O3+. The molecule has 0 fully saturated rings. The molecule has 5 aromatic rings. The second-order valence-corrected chi connectivity index (χ2v) is 8.76. The zero-order chi connectivity index (χ0) is 24.1. The van der Waals surface area contributed by atoms with E-state index in [0.29, 0.717) is 39.4 Å². The van der Waals surface area contributed by atoms with Crippen LogP contribution in [0.3, 0.4) is 0 Å². The summed E-state index contributed by atoms with van der Waals surface area (Å²) in [6.45, 7) is 2.65. The summed E-state index contributed by atoms with van der Waals surface area (Å²) in [5, 5.41) is 1.29. The van der Waals surface area contributed by atoms with Crippen LogP contribution < -0.4 is 4.68 Å². The number of benzene rings is 3. The van der Waals surface area contributed by atoms with Crippen molar-refractivity contribution in [2.45, 2.75) is 13.5 Å². The van der Waals surface area contributed by atoms with Gasteiger partial charge in [-0.15, -0.1) is 0 Å². The molecule has 0 bridgehead atoms. The van der Waals surface area contributed by atoms with Crippen LogP contribution in [0.25, 0.3) is 28.9 Å². The minimum absolute atomic E-state index is 0.0905. The van der Waals surface area contributed by atoms with Gasteiger partial charge in [0, 0.05) is 22.2 Å². The summed E-state index contributed by atoms with van der Waals surface area (Å²) in [6, 6.07) is 24.2. The molecule has 3 aromatic carbocycles. The summed E-state index contributed by atoms with van der Waals surface area (Å²) in [4.78, 5) is 27.0. The fraction of sp³-hybridized carbons (Fsp3) is 0.0690. The van der Waals surface area contributed by atoms with E-state index in [0.717, 1.165) is 16.9 Å². The summed E-state index contributed by atoms with van der Waals surface area (Å²) in [6.07, 6.45) is 3.93. The van der Waals surface area contributed by atoms with E-state index in [1.807, 2.05) is 78.4 Å². The van der Waals surface area contributed by atoms with Gasteiger partial charge >= 0.3 is 0 Å². The van der Waals surface area contributed by atoms with E-state index in [4.69, 9.17) is 16.0 Å². The summed E-state index contributed by atoms with van der Waals surface area (Å²) in [7, 11) is 0. The van der Waals surface area contributed by atoms with Crippen LogP contribution in [0, 0.1) is 0 Å². The molecule has 5 nitrogen and oxygen atoms in total. The van der Waals surface area contributed by atoms with Crippen molar-refractivity contribution in [2.75, 3.05) is 0 Å². The van der Waals surface area contributed by atoms with Gasteiger partial charge in [0.1, 0.15) is 11.1 Å². The molecule has 1 aliphatic rings. The fourth-order valence-corrected chi connectivity index (χ4v) is 4.85. The molecular weight excluding hydrogens is 460 g/mol. The van der Waals surface area contributed by atoms with Gasteiger partial charge in [0.05, 0.1) is 5.56 Å². The minimum Gasteiger partial charge on any atom is -0.430 e. The number of ketones is 2. The molecule has 170 valence electrons. The van der Waals surface area contributed by atoms with E-state index in [9.17, 15) is 9.59 Å². The summed E-state index contributed by atoms with van der Waals surface area (Å²) >= 11 is 6.05. The molecule has 0 aliphatic heterocycles. The SMILES string of the molecule is CC[n+]1c(/C=C/c2ccc(Cl)cc2)c2c3c(oc2n1-c1ccccc1)C(=O)c1ccccc1C3=O. The van der Waals surface area contributed by atoms with Gasteiger partial charge in [0.15, 0.2) is 18.1 Å². The van der Waals surface area contributed by atoms with E-state index in [2.05, 4.69) is 4.68 Å². The standard InChI is InChI=1S/C29H20ClN2O3/c1-2-31-23(17-14-18-12-15-19(30)16-13-18)24-25-26(33)21-10-6-7-11-22(21)27(34)28(25)35-29(24)32(31)20-8-4-3-5-9-20/h3-17H,2H2,1H3/q+1/b17-14+. The Hall–Kier alpha value is -4.22. The lowest BCUT2D eigenvalue weighted by Gasteiger charge is -2.12. The summed E-state index contributed by atoms with van der Waals surface area (Å²) in [5.74, 6) is -0.391. The highest BCUT2D eigenvalue weighted by Gasteiger charge is 2.40. The lowest BCUT2D eigenvalue weighted by molar-refractivity contribution is -0.763. The molecule has 2 heterocycles. The first kappa shape index (κ1) is 21.3. The second kappa shape index (κ2) is 8.22. The number of hydrogen-bond acceptors (Lipinski definition) is 3. The number of carbonyl (C=O) groups excluding carboxylic acids is 2. The van der Waals surface area contributed by atoms with Crippen molar-refractivity contribution in [3.8, 4) is 5.69 Å². The molecule has 0 amide bonds. The molecule has 0 unspecified atom stereocenters. The molecule has 35 heavy (non-hydrogen) atoms. The maximum Gasteiger partial charge on any atom is 0.273 e. The second-order valence-electron chi connectivity index (χ2n) is 8.32. The Morgan fingerprint density at radius 2 is 1.51 bits per heavy atom. The first-order chi connectivity index (χ1) is 17.1. The number of carbonyl (C=O) groups is 2. The average Bonchev–Trinajstić information content (AvgIpc) is 3.42. The van der Waals surface area contributed by atoms with E-state index >= 15 is 0 Å². The lowest BCUT2D eigenvalue weighted by atomic mass is 9.87. The number of aromatic nitrogens is 2. The molecule has 0 N–H and O–H groups in total. The van der Waals surface area contributed by atoms with E-state index in [-0.39, 0.29) is 17.3 Å². The highest BCUT2D eigenvalue weighted by atomic mass is 35.5. The highest BCUT2D eigenvalue weighted by molar-refractivity contribution is 6.32. The van der Waals surface area contributed by atoms with Crippen molar-refractivity contribution in [1.82, 2.24) is 4.68 Å². The molecule has 2 aromatic heterocycles. The summed E-state index contributed by atoms with van der Waals surface area (Å²) < 4.78 is 10.2. The molecule has 0 saturated heterocycles. The van der Waals surface area contributed by atoms with Gasteiger partial charge in [0.2, 0.25) is 11.5 Å². The van der Waals surface area contributed by atoms with Gasteiger partial charge in [-0.1, -0.05) is 75.6 Å². The average molecular weight is 480 g/mol. The zero-order valence-corrected chi connectivity index (χ0v) is 19.6. The highest BCUT2D eigenvalue weighted by Crippen LogP contribution is 2.37. The fourth-order valence-electron chi connectivity index (χ4n) is 4.72. The first-order valence-corrected chi connectivity index (χ1v) is 11.7. The summed E-state index contributed by atoms with van der Waals surface area (Å²) in [5.41, 5.74) is 4.17. The molecule has 1 aliphatic carbocycles. The van der Waals surface area contributed by atoms with Gasteiger partial charge in [0.25, 0.3) is 5.71 Å². The normalized spacial score (nSPS) is 13.0. The number of nitrogens with zero attached hydrogens (tertiary/aromatic N) is 2. The minimum atomic E-state index is -0.276. The zero-order valence-electron chi connectivity index (χ0n) is 18.9. The first-order valence-electron chi connectivity index (χ1n) is 11.4. The largest absolute Gasteiger partial charge is 0.430 e. The predicted octanol–water partition coefficient (Wildman–Crippen LogP) is 6.13. The van der Waals surface area contributed by atoms with E-state index < -0.39 is 0 Å². The van der Waals surface area contributed by atoms with Crippen LogP contribution in [0.5, 0.6) is 0 Å². The Bertz CT molecular complexity index is 1660. The Labute approximate surface area is 206 Å². The van der Waals surface area contributed by atoms with Crippen LogP contribution in [-0.4, -0.2) is 16.2 Å². The van der Waals surface area contributed by atoms with Crippen LogP contribution in [0.4, 0.5) is 0 Å². The smallest absolute Gasteiger partial charge is 0.273 e. The van der Waals surface area contributed by atoms with Gasteiger partial charge in [-0.05, 0) is 42.8 Å². The van der Waals surface area contributed by atoms with Gasteiger partial charge < -0.3 is 4.42 Å². The Kier molecular flexibility index (Phi) is 5.01. The number of halogens is 1. The van der Waals surface area contributed by atoms with E-state index in [1.165, 1.54) is 0 Å². The van der Waals surface area contributed by atoms with Crippen LogP contribution in [-0.2, 0) is 6.54 Å². The van der Waals surface area contributed by atoms with Crippen molar-refractivity contribution >= 4 is 46.4 Å². The van der Waals surface area contributed by atoms with Crippen molar-refractivity contribution < 1.29 is 18.7 Å². The van der Waals surface area contributed by atoms with Gasteiger partial charge in [-0.3, -0.25) is 9.59 Å². The van der Waals surface area contributed by atoms with E-state index in [1.54, 1.807) is 24.3 Å². The topological polar surface area (TPSA) is 56.1 Å². The van der Waals surface area contributed by atoms with Crippen molar-refractivity contribution in [2.24, 2.45) is 0 Å². The van der Waals surface area contributed by atoms with Crippen LogP contribution in [0.2, 0.25) is 5.02 Å². The Balaban J connectivity index is 1.67. The maximum absolute atomic E-state index is 13.7. The molecule has 6 heteroatoms. The molecule has 0 saturated carbocycles. The maximum atomic E-state index is 13.7. The van der Waals surface area contributed by atoms with Crippen LogP contribution in [0.1, 0.15) is 50.2 Å². The van der Waals surface area contributed by atoms with Crippen molar-refractivity contribution in [1.29, 1.82) is 0 Å². The third kappa shape index (κ3) is 3.27. The third-order valence-electron chi connectivity index (χ3n) is 6.31. The van der Waals surface area contributed by atoms with Crippen molar-refractivity contribution in [3.05, 3.63) is 118 Å². The number of hydrogen-bond donors (Lipinski definition) is 0. The van der Waals surface area contributed by atoms with Gasteiger partial charge in [-0.25, -0.2) is 0 Å². The van der Waals surface area contributed by atoms with Crippen molar-refractivity contribution in [3.63, 3.8) is 0 Å². The van der Waals surface area contributed by atoms with Gasteiger partial charge in [-0.2, -0.15) is 0 Å².